The van der Waals surface area contributed by atoms with Crippen molar-refractivity contribution < 1.29 is 14.1 Å². The van der Waals surface area contributed by atoms with Gasteiger partial charge in [0.25, 0.3) is 0 Å². The first-order valence-electron chi connectivity index (χ1n) is 4.72. The highest BCUT2D eigenvalue weighted by Crippen LogP contribution is 2.17. The number of carbonyl (C=O) groups excluding carboxylic acids is 1. The van der Waals surface area contributed by atoms with E-state index in [1.807, 2.05) is 0 Å². The SMILES string of the molecule is O=C(Cc1ncno1)C1CCOCC1. The Morgan fingerprint density at radius 2 is 2.29 bits per heavy atom. The molecule has 1 saturated heterocycles. The number of aromatic nitrogens is 2. The number of Topliss-reactive ketones (excluding diaryl/α,β-unsaturated/α-hetero) is 1. The van der Waals surface area contributed by atoms with E-state index in [9.17, 15) is 4.79 Å². The Morgan fingerprint density at radius 3 is 2.93 bits per heavy atom. The zero-order valence-corrected chi connectivity index (χ0v) is 7.81. The van der Waals surface area contributed by atoms with Crippen LogP contribution in [0.25, 0.3) is 0 Å². The molecule has 0 bridgehead atoms. The molecule has 76 valence electrons. The third-order valence-corrected chi connectivity index (χ3v) is 2.41. The number of ether oxygens (including phenoxy) is 1. The zero-order chi connectivity index (χ0) is 9.80. The minimum absolute atomic E-state index is 0.107. The van der Waals surface area contributed by atoms with E-state index >= 15 is 0 Å². The predicted octanol–water partition coefficient (Wildman–Crippen LogP) is 0.608. The molecule has 1 aromatic rings. The van der Waals surface area contributed by atoms with Crippen molar-refractivity contribution in [3.8, 4) is 0 Å². The molecule has 0 spiro atoms. The molecule has 1 aromatic heterocycles. The highest BCUT2D eigenvalue weighted by molar-refractivity contribution is 5.82. The Balaban J connectivity index is 1.88. The summed E-state index contributed by atoms with van der Waals surface area (Å²) in [5.41, 5.74) is 0. The topological polar surface area (TPSA) is 65.2 Å². The summed E-state index contributed by atoms with van der Waals surface area (Å²) in [6.07, 6.45) is 3.19. The van der Waals surface area contributed by atoms with E-state index in [4.69, 9.17) is 9.26 Å². The van der Waals surface area contributed by atoms with Crippen molar-refractivity contribution >= 4 is 5.78 Å². The molecule has 0 atom stereocenters. The Morgan fingerprint density at radius 1 is 1.50 bits per heavy atom. The second kappa shape index (κ2) is 4.32. The van der Waals surface area contributed by atoms with Gasteiger partial charge in [0.1, 0.15) is 5.78 Å². The molecule has 0 radical (unpaired) electrons. The van der Waals surface area contributed by atoms with Crippen LogP contribution in [0.3, 0.4) is 0 Å². The molecule has 1 aliphatic rings. The molecule has 14 heavy (non-hydrogen) atoms. The molecule has 2 heterocycles. The molecule has 1 fully saturated rings. The van der Waals surface area contributed by atoms with Crippen LogP contribution in [0.2, 0.25) is 0 Å². The van der Waals surface area contributed by atoms with Gasteiger partial charge in [0.05, 0.1) is 6.42 Å². The van der Waals surface area contributed by atoms with E-state index < -0.39 is 0 Å². The van der Waals surface area contributed by atoms with Crippen LogP contribution in [0.5, 0.6) is 0 Å². The van der Waals surface area contributed by atoms with Crippen molar-refractivity contribution in [3.63, 3.8) is 0 Å². The summed E-state index contributed by atoms with van der Waals surface area (Å²) in [6.45, 7) is 1.36. The molecule has 0 amide bonds. The molecule has 1 aliphatic heterocycles. The van der Waals surface area contributed by atoms with Crippen LogP contribution in [-0.2, 0) is 16.0 Å². The van der Waals surface area contributed by atoms with E-state index in [2.05, 4.69) is 10.1 Å². The molecule has 0 aromatic carbocycles. The first-order chi connectivity index (χ1) is 6.86. The average Bonchev–Trinajstić information content (AvgIpc) is 2.72. The van der Waals surface area contributed by atoms with E-state index in [-0.39, 0.29) is 18.1 Å². The molecular formula is C9H12N2O3. The molecule has 0 N–H and O–H groups in total. The van der Waals surface area contributed by atoms with Crippen molar-refractivity contribution in [2.75, 3.05) is 13.2 Å². The zero-order valence-electron chi connectivity index (χ0n) is 7.81. The lowest BCUT2D eigenvalue weighted by molar-refractivity contribution is -0.125. The van der Waals surface area contributed by atoms with E-state index in [0.29, 0.717) is 19.1 Å². The molecular weight excluding hydrogens is 184 g/mol. The Hall–Kier alpha value is -1.23. The van der Waals surface area contributed by atoms with Crippen LogP contribution in [0.1, 0.15) is 18.7 Å². The van der Waals surface area contributed by atoms with E-state index in [0.717, 1.165) is 12.8 Å². The maximum Gasteiger partial charge on any atom is 0.233 e. The van der Waals surface area contributed by atoms with Gasteiger partial charge in [0.2, 0.25) is 5.89 Å². The summed E-state index contributed by atoms with van der Waals surface area (Å²) in [6, 6.07) is 0. The van der Waals surface area contributed by atoms with Crippen LogP contribution < -0.4 is 0 Å². The summed E-state index contributed by atoms with van der Waals surface area (Å²) < 4.78 is 9.96. The van der Waals surface area contributed by atoms with E-state index in [1.165, 1.54) is 6.33 Å². The average molecular weight is 196 g/mol. The van der Waals surface area contributed by atoms with Gasteiger partial charge in [0, 0.05) is 19.1 Å². The minimum atomic E-state index is 0.107. The van der Waals surface area contributed by atoms with Gasteiger partial charge < -0.3 is 9.26 Å². The van der Waals surface area contributed by atoms with E-state index in [1.54, 1.807) is 0 Å². The fraction of sp³-hybridized carbons (Fsp3) is 0.667. The maximum atomic E-state index is 11.7. The second-order valence-corrected chi connectivity index (χ2v) is 3.36. The number of hydrogen-bond donors (Lipinski definition) is 0. The van der Waals surface area contributed by atoms with Crippen molar-refractivity contribution in [1.82, 2.24) is 10.1 Å². The van der Waals surface area contributed by atoms with Gasteiger partial charge in [-0.3, -0.25) is 4.79 Å². The van der Waals surface area contributed by atoms with Gasteiger partial charge in [-0.2, -0.15) is 4.98 Å². The first kappa shape index (κ1) is 9.33. The fourth-order valence-electron chi connectivity index (χ4n) is 1.59. The van der Waals surface area contributed by atoms with Crippen LogP contribution in [-0.4, -0.2) is 29.1 Å². The number of rotatable bonds is 3. The van der Waals surface area contributed by atoms with Crippen LogP contribution in [0, 0.1) is 5.92 Å². The lowest BCUT2D eigenvalue weighted by Crippen LogP contribution is -2.24. The standard InChI is InChI=1S/C9H12N2O3/c12-8(5-9-10-6-11-14-9)7-1-3-13-4-2-7/h6-7H,1-5H2. The molecule has 0 aliphatic carbocycles. The summed E-state index contributed by atoms with van der Waals surface area (Å²) in [7, 11) is 0. The summed E-state index contributed by atoms with van der Waals surface area (Å²) in [4.78, 5) is 15.5. The fourth-order valence-corrected chi connectivity index (χ4v) is 1.59. The predicted molar refractivity (Wildman–Crippen MR) is 46.6 cm³/mol. The normalized spacial score (nSPS) is 18.3. The summed E-state index contributed by atoms with van der Waals surface area (Å²) in [5.74, 6) is 0.690. The molecule has 0 unspecified atom stereocenters. The lowest BCUT2D eigenvalue weighted by Gasteiger charge is -2.19. The summed E-state index contributed by atoms with van der Waals surface area (Å²) in [5, 5.41) is 3.46. The number of hydrogen-bond acceptors (Lipinski definition) is 5. The number of nitrogens with zero attached hydrogens (tertiary/aromatic N) is 2. The van der Waals surface area contributed by atoms with Crippen molar-refractivity contribution in [2.45, 2.75) is 19.3 Å². The smallest absolute Gasteiger partial charge is 0.233 e. The minimum Gasteiger partial charge on any atom is -0.381 e. The van der Waals surface area contributed by atoms with Gasteiger partial charge in [-0.05, 0) is 12.8 Å². The highest BCUT2D eigenvalue weighted by atomic mass is 16.5. The Bertz CT molecular complexity index is 291. The van der Waals surface area contributed by atoms with Crippen molar-refractivity contribution in [3.05, 3.63) is 12.2 Å². The number of carbonyl (C=O) groups is 1. The van der Waals surface area contributed by atoms with Gasteiger partial charge >= 0.3 is 0 Å². The van der Waals surface area contributed by atoms with Gasteiger partial charge in [0.15, 0.2) is 6.33 Å². The Kier molecular flexibility index (Phi) is 2.88. The second-order valence-electron chi connectivity index (χ2n) is 3.36. The summed E-state index contributed by atoms with van der Waals surface area (Å²) >= 11 is 0. The highest BCUT2D eigenvalue weighted by Gasteiger charge is 2.22. The van der Waals surface area contributed by atoms with Gasteiger partial charge in [-0.25, -0.2) is 0 Å². The van der Waals surface area contributed by atoms with Gasteiger partial charge in [-0.15, -0.1) is 0 Å². The lowest BCUT2D eigenvalue weighted by atomic mass is 9.93. The van der Waals surface area contributed by atoms with Crippen molar-refractivity contribution in [1.29, 1.82) is 0 Å². The first-order valence-corrected chi connectivity index (χ1v) is 4.72. The van der Waals surface area contributed by atoms with Gasteiger partial charge in [-0.1, -0.05) is 5.16 Å². The van der Waals surface area contributed by atoms with Crippen molar-refractivity contribution in [2.24, 2.45) is 5.92 Å². The third kappa shape index (κ3) is 2.17. The van der Waals surface area contributed by atoms with Crippen LogP contribution in [0.15, 0.2) is 10.9 Å². The van der Waals surface area contributed by atoms with Crippen LogP contribution >= 0.6 is 0 Å². The van der Waals surface area contributed by atoms with Crippen LogP contribution in [0.4, 0.5) is 0 Å². The number of ketones is 1. The molecule has 5 heteroatoms. The third-order valence-electron chi connectivity index (χ3n) is 2.41. The largest absolute Gasteiger partial charge is 0.381 e. The molecule has 2 rings (SSSR count). The Labute approximate surface area is 81.4 Å². The maximum absolute atomic E-state index is 11.7. The molecule has 5 nitrogen and oxygen atoms in total. The quantitative estimate of drug-likeness (QED) is 0.708. The molecule has 0 saturated carbocycles. The monoisotopic (exact) mass is 196 g/mol.